The molecule has 2 N–H and O–H groups in total. The van der Waals surface area contributed by atoms with Gasteiger partial charge in [-0.05, 0) is 86.5 Å². The van der Waals surface area contributed by atoms with Crippen LogP contribution in [-0.4, -0.2) is 34.7 Å². The highest BCUT2D eigenvalue weighted by Gasteiger charge is 2.40. The van der Waals surface area contributed by atoms with E-state index in [2.05, 4.69) is 46.3 Å². The highest BCUT2D eigenvalue weighted by molar-refractivity contribution is 5.89. The Morgan fingerprint density at radius 2 is 1.87 bits per heavy atom. The predicted molar refractivity (Wildman–Crippen MR) is 120 cm³/mol. The number of nitrogens with one attached hydrogen (secondary N) is 1. The topological polar surface area (TPSA) is 39.3 Å². The van der Waals surface area contributed by atoms with Crippen molar-refractivity contribution in [2.24, 2.45) is 0 Å². The Bertz CT molecular complexity index is 1070. The second-order valence-corrected chi connectivity index (χ2v) is 8.67. The van der Waals surface area contributed by atoms with Crippen molar-refractivity contribution in [1.82, 2.24) is 9.88 Å². The smallest absolute Gasteiger partial charge is 0.123 e. The lowest BCUT2D eigenvalue weighted by molar-refractivity contribution is 0.104. The first-order valence-electron chi connectivity index (χ1n) is 11.1. The molecule has 30 heavy (non-hydrogen) atoms. The van der Waals surface area contributed by atoms with Gasteiger partial charge in [0.1, 0.15) is 5.82 Å². The summed E-state index contributed by atoms with van der Waals surface area (Å²) < 4.78 is 13.9. The largest absolute Gasteiger partial charge is 0.396 e. The number of aromatic amines is 1. The zero-order valence-corrected chi connectivity index (χ0v) is 17.3. The number of hydrogen-bond donors (Lipinski definition) is 2. The van der Waals surface area contributed by atoms with Gasteiger partial charge in [0.25, 0.3) is 0 Å². The molecule has 1 atom stereocenters. The molecular weight excluding hydrogens is 375 g/mol. The summed E-state index contributed by atoms with van der Waals surface area (Å²) in [7, 11) is 0. The van der Waals surface area contributed by atoms with Crippen molar-refractivity contribution in [1.29, 1.82) is 0 Å². The number of likely N-dealkylation sites (tertiary alicyclic amines) is 1. The third-order valence-electron chi connectivity index (χ3n) is 7.07. The van der Waals surface area contributed by atoms with Crippen LogP contribution >= 0.6 is 0 Å². The van der Waals surface area contributed by atoms with E-state index in [1.54, 1.807) is 12.1 Å². The van der Waals surface area contributed by atoms with Crippen molar-refractivity contribution in [3.8, 4) is 0 Å². The summed E-state index contributed by atoms with van der Waals surface area (Å²) in [6.45, 7) is 2.39. The van der Waals surface area contributed by atoms with Crippen LogP contribution in [0.4, 0.5) is 4.39 Å². The molecule has 5 rings (SSSR count). The van der Waals surface area contributed by atoms with Crippen LogP contribution in [0.2, 0.25) is 0 Å². The molecule has 1 saturated heterocycles. The number of halogens is 1. The third kappa shape index (κ3) is 3.28. The van der Waals surface area contributed by atoms with Gasteiger partial charge in [-0.15, -0.1) is 0 Å². The number of rotatable bonds is 5. The maximum atomic E-state index is 13.9. The number of aliphatic hydroxyl groups excluding tert-OH is 1. The predicted octanol–water partition coefficient (Wildman–Crippen LogP) is 5.40. The summed E-state index contributed by atoms with van der Waals surface area (Å²) in [5, 5.41) is 10.5. The molecule has 2 aliphatic rings. The minimum absolute atomic E-state index is 0.0610. The zero-order valence-electron chi connectivity index (χ0n) is 17.3. The number of aliphatic hydroxyl groups is 1. The van der Waals surface area contributed by atoms with E-state index in [1.807, 2.05) is 0 Å². The monoisotopic (exact) mass is 404 g/mol. The second-order valence-electron chi connectivity index (χ2n) is 8.67. The van der Waals surface area contributed by atoms with Crippen molar-refractivity contribution in [3.05, 3.63) is 77.2 Å². The van der Waals surface area contributed by atoms with Crippen LogP contribution in [0.5, 0.6) is 0 Å². The lowest BCUT2D eigenvalue weighted by atomic mass is 9.75. The molecule has 0 spiro atoms. The average Bonchev–Trinajstić information content (AvgIpc) is 3.44. The van der Waals surface area contributed by atoms with Gasteiger partial charge < -0.3 is 10.1 Å². The molecule has 156 valence electrons. The number of H-pyrrole nitrogens is 1. The van der Waals surface area contributed by atoms with E-state index in [9.17, 15) is 9.50 Å². The van der Waals surface area contributed by atoms with E-state index < -0.39 is 0 Å². The Balaban J connectivity index is 1.54. The molecule has 3 aromatic rings. The Morgan fingerprint density at radius 1 is 1.07 bits per heavy atom. The molecular formula is C26H29FN2O. The summed E-state index contributed by atoms with van der Waals surface area (Å²) in [6.07, 6.45) is 8.50. The van der Waals surface area contributed by atoms with Crippen LogP contribution in [0.3, 0.4) is 0 Å². The molecule has 0 bridgehead atoms. The van der Waals surface area contributed by atoms with Crippen molar-refractivity contribution in [3.63, 3.8) is 0 Å². The van der Waals surface area contributed by atoms with Crippen molar-refractivity contribution in [2.45, 2.75) is 44.1 Å². The van der Waals surface area contributed by atoms with Crippen LogP contribution in [0.15, 0.2) is 54.6 Å². The minimum atomic E-state index is -0.234. The van der Waals surface area contributed by atoms with Crippen molar-refractivity contribution >= 4 is 16.5 Å². The molecule has 2 aromatic carbocycles. The number of nitrogens with zero attached hydrogens (tertiary/aromatic N) is 1. The first kappa shape index (κ1) is 19.5. The Labute approximate surface area is 177 Å². The van der Waals surface area contributed by atoms with Crippen LogP contribution in [0.25, 0.3) is 16.5 Å². The van der Waals surface area contributed by atoms with Gasteiger partial charge in [-0.25, -0.2) is 4.39 Å². The SMILES string of the molecule is OCCc1c(C2=CCC(c3ccccc3)(N3CCCC3)CC2)[nH]c2ccc(F)cc12. The molecule has 1 unspecified atom stereocenters. The summed E-state index contributed by atoms with van der Waals surface area (Å²) >= 11 is 0. The Kier molecular flexibility index (Phi) is 5.21. The molecule has 1 aliphatic carbocycles. The van der Waals surface area contributed by atoms with E-state index in [-0.39, 0.29) is 18.0 Å². The molecule has 0 radical (unpaired) electrons. The van der Waals surface area contributed by atoms with Crippen molar-refractivity contribution < 1.29 is 9.50 Å². The van der Waals surface area contributed by atoms with Gasteiger partial charge in [-0.3, -0.25) is 4.90 Å². The quantitative estimate of drug-likeness (QED) is 0.598. The standard InChI is InChI=1S/C26H29FN2O/c27-21-8-9-24-23(18-21)22(12-17-30)25(28-24)19-10-13-26(14-11-19,29-15-4-5-16-29)20-6-2-1-3-7-20/h1-3,6-10,18,28,30H,4-5,11-17H2. The maximum absolute atomic E-state index is 13.9. The molecule has 4 heteroatoms. The molecule has 1 aromatic heterocycles. The van der Waals surface area contributed by atoms with Gasteiger partial charge in [-0.2, -0.15) is 0 Å². The van der Waals surface area contributed by atoms with Crippen LogP contribution in [0, 0.1) is 5.82 Å². The molecule has 0 saturated carbocycles. The van der Waals surface area contributed by atoms with Gasteiger partial charge in [0, 0.05) is 28.7 Å². The summed E-state index contributed by atoms with van der Waals surface area (Å²) in [4.78, 5) is 6.21. The number of aromatic nitrogens is 1. The van der Waals surface area contributed by atoms with Crippen LogP contribution in [-0.2, 0) is 12.0 Å². The lowest BCUT2D eigenvalue weighted by Gasteiger charge is -2.44. The highest BCUT2D eigenvalue weighted by atomic mass is 19.1. The fraction of sp³-hybridized carbons (Fsp3) is 0.385. The number of allylic oxidation sites excluding steroid dienone is 1. The van der Waals surface area contributed by atoms with E-state index in [4.69, 9.17) is 0 Å². The van der Waals surface area contributed by atoms with Gasteiger partial charge in [-0.1, -0.05) is 36.4 Å². The first-order chi connectivity index (χ1) is 14.7. The Morgan fingerprint density at radius 3 is 2.57 bits per heavy atom. The normalized spacial score (nSPS) is 22.5. The van der Waals surface area contributed by atoms with E-state index >= 15 is 0 Å². The minimum Gasteiger partial charge on any atom is -0.396 e. The molecule has 1 fully saturated rings. The summed E-state index contributed by atoms with van der Waals surface area (Å²) in [5.74, 6) is -0.234. The third-order valence-corrected chi connectivity index (χ3v) is 7.07. The first-order valence-corrected chi connectivity index (χ1v) is 11.1. The van der Waals surface area contributed by atoms with Gasteiger partial charge in [0.15, 0.2) is 0 Å². The van der Waals surface area contributed by atoms with E-state index in [0.29, 0.717) is 6.42 Å². The van der Waals surface area contributed by atoms with Crippen LogP contribution in [0.1, 0.15) is 48.9 Å². The molecule has 3 nitrogen and oxygen atoms in total. The highest BCUT2D eigenvalue weighted by Crippen LogP contribution is 2.46. The second kappa shape index (κ2) is 8.01. The fourth-order valence-corrected chi connectivity index (χ4v) is 5.56. The number of fused-ring (bicyclic) bond motifs is 1. The van der Waals surface area contributed by atoms with E-state index in [0.717, 1.165) is 41.4 Å². The number of benzene rings is 2. The number of hydrogen-bond acceptors (Lipinski definition) is 2. The van der Waals surface area contributed by atoms with Gasteiger partial charge >= 0.3 is 0 Å². The fourth-order valence-electron chi connectivity index (χ4n) is 5.56. The lowest BCUT2D eigenvalue weighted by Crippen LogP contribution is -2.45. The van der Waals surface area contributed by atoms with E-state index in [1.165, 1.54) is 43.1 Å². The van der Waals surface area contributed by atoms with Crippen LogP contribution < -0.4 is 0 Å². The van der Waals surface area contributed by atoms with Gasteiger partial charge in [0.2, 0.25) is 0 Å². The van der Waals surface area contributed by atoms with Crippen molar-refractivity contribution in [2.75, 3.05) is 19.7 Å². The Hall–Kier alpha value is -2.43. The molecule has 2 heterocycles. The summed E-state index contributed by atoms with van der Waals surface area (Å²) in [6, 6.07) is 15.8. The summed E-state index contributed by atoms with van der Waals surface area (Å²) in [5.41, 5.74) is 5.82. The average molecular weight is 405 g/mol. The molecule has 1 aliphatic heterocycles. The van der Waals surface area contributed by atoms with Gasteiger partial charge in [0.05, 0.1) is 0 Å². The maximum Gasteiger partial charge on any atom is 0.123 e. The molecule has 0 amide bonds. The zero-order chi connectivity index (χ0) is 20.6.